The van der Waals surface area contributed by atoms with E-state index in [0.717, 1.165) is 23.4 Å². The van der Waals surface area contributed by atoms with Crippen LogP contribution in [0.1, 0.15) is 11.1 Å². The van der Waals surface area contributed by atoms with Crippen LogP contribution in [0.2, 0.25) is 0 Å². The second-order valence-corrected chi connectivity index (χ2v) is 4.94. The summed E-state index contributed by atoms with van der Waals surface area (Å²) in [6.07, 6.45) is 2.49. The van der Waals surface area contributed by atoms with Gasteiger partial charge in [-0.2, -0.15) is 11.8 Å². The molecule has 0 aliphatic carbocycles. The molecule has 0 aliphatic heterocycles. The first-order chi connectivity index (χ1) is 8.19. The Hall–Kier alpha value is -1.00. The predicted molar refractivity (Wildman–Crippen MR) is 74.1 cm³/mol. The Balaban J connectivity index is 2.61. The van der Waals surface area contributed by atoms with Crippen molar-refractivity contribution in [3.63, 3.8) is 0 Å². The topological polar surface area (TPSA) is 46.3 Å². The third kappa shape index (κ3) is 4.40. The largest absolute Gasteiger partial charge is 0.345 e. The van der Waals surface area contributed by atoms with E-state index in [2.05, 4.69) is 0 Å². The van der Waals surface area contributed by atoms with Gasteiger partial charge in [-0.05, 0) is 17.4 Å². The number of nitrogens with zero attached hydrogens (tertiary/aromatic N) is 1. The van der Waals surface area contributed by atoms with Gasteiger partial charge in [-0.3, -0.25) is 4.79 Å². The first-order valence-corrected chi connectivity index (χ1v) is 7.08. The molecular weight excluding hydrogens is 232 g/mol. The molecule has 4 heteroatoms. The van der Waals surface area contributed by atoms with Gasteiger partial charge in [0.1, 0.15) is 0 Å². The maximum absolute atomic E-state index is 12.0. The van der Waals surface area contributed by atoms with Crippen molar-refractivity contribution >= 4 is 17.7 Å². The lowest BCUT2D eigenvalue weighted by atomic mass is 10.0. The molecule has 0 spiro atoms. The van der Waals surface area contributed by atoms with E-state index in [1.165, 1.54) is 0 Å². The van der Waals surface area contributed by atoms with Crippen molar-refractivity contribution in [3.05, 3.63) is 35.4 Å². The molecule has 0 saturated heterocycles. The molecule has 94 valence electrons. The molecule has 0 heterocycles. The molecule has 0 radical (unpaired) electrons. The lowest BCUT2D eigenvalue weighted by Gasteiger charge is -2.17. The summed E-state index contributed by atoms with van der Waals surface area (Å²) >= 11 is 1.75. The minimum atomic E-state index is 0.153. The van der Waals surface area contributed by atoms with Crippen LogP contribution in [0.5, 0.6) is 0 Å². The highest BCUT2D eigenvalue weighted by molar-refractivity contribution is 7.98. The van der Waals surface area contributed by atoms with E-state index < -0.39 is 0 Å². The van der Waals surface area contributed by atoms with E-state index in [9.17, 15) is 4.79 Å². The maximum Gasteiger partial charge on any atom is 0.226 e. The molecule has 0 aromatic heterocycles. The van der Waals surface area contributed by atoms with Crippen molar-refractivity contribution in [1.82, 2.24) is 4.90 Å². The summed E-state index contributed by atoms with van der Waals surface area (Å²) in [4.78, 5) is 13.7. The number of carbonyl (C=O) groups excluding carboxylic acids is 1. The highest BCUT2D eigenvalue weighted by Crippen LogP contribution is 2.10. The van der Waals surface area contributed by atoms with Crippen LogP contribution >= 0.6 is 11.8 Å². The van der Waals surface area contributed by atoms with E-state index in [1.807, 2.05) is 37.6 Å². The van der Waals surface area contributed by atoms with Crippen molar-refractivity contribution in [2.24, 2.45) is 5.73 Å². The lowest BCUT2D eigenvalue weighted by molar-refractivity contribution is -0.128. The fraction of sp³-hybridized carbons (Fsp3) is 0.462. The number of rotatable bonds is 6. The van der Waals surface area contributed by atoms with Gasteiger partial charge in [-0.1, -0.05) is 24.3 Å². The van der Waals surface area contributed by atoms with E-state index >= 15 is 0 Å². The number of carbonyl (C=O) groups is 1. The molecule has 2 N–H and O–H groups in total. The molecule has 1 amide bonds. The molecule has 0 saturated carbocycles. The third-order valence-electron chi connectivity index (χ3n) is 2.74. The molecule has 0 aliphatic rings. The molecule has 17 heavy (non-hydrogen) atoms. The summed E-state index contributed by atoms with van der Waals surface area (Å²) in [5.41, 5.74) is 7.75. The van der Waals surface area contributed by atoms with Crippen molar-refractivity contribution in [2.45, 2.75) is 13.0 Å². The average Bonchev–Trinajstić information content (AvgIpc) is 2.36. The zero-order valence-electron chi connectivity index (χ0n) is 10.5. The number of hydrogen-bond donors (Lipinski definition) is 1. The summed E-state index contributed by atoms with van der Waals surface area (Å²) in [6.45, 7) is 1.28. The Bertz CT molecular complexity index is 368. The second-order valence-electron chi connectivity index (χ2n) is 3.96. The van der Waals surface area contributed by atoms with Gasteiger partial charge in [-0.15, -0.1) is 0 Å². The molecule has 1 aromatic carbocycles. The fourth-order valence-corrected chi connectivity index (χ4v) is 2.04. The fourth-order valence-electron chi connectivity index (χ4n) is 1.58. The summed E-state index contributed by atoms with van der Waals surface area (Å²) in [6, 6.07) is 7.85. The molecule has 0 atom stereocenters. The number of nitrogens with two attached hydrogens (primary N) is 1. The predicted octanol–water partition coefficient (Wildman–Crippen LogP) is 1.51. The van der Waals surface area contributed by atoms with Gasteiger partial charge < -0.3 is 10.6 Å². The Morgan fingerprint density at radius 1 is 1.35 bits per heavy atom. The number of amides is 1. The van der Waals surface area contributed by atoms with Crippen LogP contribution in [0.15, 0.2) is 24.3 Å². The molecule has 1 rings (SSSR count). The number of thioether (sulfide) groups is 1. The zero-order valence-corrected chi connectivity index (χ0v) is 11.3. The van der Waals surface area contributed by atoms with E-state index in [4.69, 9.17) is 5.73 Å². The normalized spacial score (nSPS) is 10.3. The average molecular weight is 252 g/mol. The van der Waals surface area contributed by atoms with Gasteiger partial charge in [0.15, 0.2) is 0 Å². The maximum atomic E-state index is 12.0. The van der Waals surface area contributed by atoms with Crippen molar-refractivity contribution in [3.8, 4) is 0 Å². The van der Waals surface area contributed by atoms with Crippen LogP contribution in [0.4, 0.5) is 0 Å². The summed E-state index contributed by atoms with van der Waals surface area (Å²) in [5, 5.41) is 0. The van der Waals surface area contributed by atoms with Crippen molar-refractivity contribution in [2.75, 3.05) is 25.6 Å². The lowest BCUT2D eigenvalue weighted by Crippen LogP contribution is -2.30. The highest BCUT2D eigenvalue weighted by Gasteiger charge is 2.10. The molecule has 0 unspecified atom stereocenters. The van der Waals surface area contributed by atoms with Gasteiger partial charge in [0, 0.05) is 25.9 Å². The summed E-state index contributed by atoms with van der Waals surface area (Å²) < 4.78 is 0. The number of hydrogen-bond acceptors (Lipinski definition) is 3. The van der Waals surface area contributed by atoms with E-state index in [0.29, 0.717) is 13.0 Å². The Morgan fingerprint density at radius 3 is 2.59 bits per heavy atom. The molecule has 0 bridgehead atoms. The SMILES string of the molecule is CSCCN(C)C(=O)Cc1ccccc1CN. The monoisotopic (exact) mass is 252 g/mol. The molecule has 1 aromatic rings. The molecule has 0 fully saturated rings. The summed E-state index contributed by atoms with van der Waals surface area (Å²) in [7, 11) is 1.85. The minimum Gasteiger partial charge on any atom is -0.345 e. The van der Waals surface area contributed by atoms with Gasteiger partial charge >= 0.3 is 0 Å². The van der Waals surface area contributed by atoms with Crippen molar-refractivity contribution in [1.29, 1.82) is 0 Å². The van der Waals surface area contributed by atoms with Gasteiger partial charge in [-0.25, -0.2) is 0 Å². The standard InChI is InChI=1S/C13H20N2OS/c1-15(7-8-17-2)13(16)9-11-5-3-4-6-12(11)10-14/h3-6H,7-10,14H2,1-2H3. The van der Waals surface area contributed by atoms with Crippen LogP contribution in [-0.2, 0) is 17.8 Å². The first kappa shape index (κ1) is 14.1. The van der Waals surface area contributed by atoms with Crippen LogP contribution in [-0.4, -0.2) is 36.4 Å². The first-order valence-electron chi connectivity index (χ1n) is 5.68. The minimum absolute atomic E-state index is 0.153. The number of benzene rings is 1. The smallest absolute Gasteiger partial charge is 0.226 e. The van der Waals surface area contributed by atoms with Crippen LogP contribution in [0.3, 0.4) is 0 Å². The van der Waals surface area contributed by atoms with Gasteiger partial charge in [0.2, 0.25) is 5.91 Å². The highest BCUT2D eigenvalue weighted by atomic mass is 32.2. The van der Waals surface area contributed by atoms with E-state index in [-0.39, 0.29) is 5.91 Å². The Labute approximate surface area is 107 Å². The molecule has 3 nitrogen and oxygen atoms in total. The van der Waals surface area contributed by atoms with Crippen molar-refractivity contribution < 1.29 is 4.79 Å². The second kappa shape index (κ2) is 7.35. The summed E-state index contributed by atoms with van der Waals surface area (Å²) in [5.74, 6) is 1.13. The Morgan fingerprint density at radius 2 is 2.00 bits per heavy atom. The molecular formula is C13H20N2OS. The quantitative estimate of drug-likeness (QED) is 0.835. The third-order valence-corrected chi connectivity index (χ3v) is 3.33. The van der Waals surface area contributed by atoms with Gasteiger partial charge in [0.05, 0.1) is 6.42 Å². The van der Waals surface area contributed by atoms with E-state index in [1.54, 1.807) is 16.7 Å². The zero-order chi connectivity index (χ0) is 12.7. The van der Waals surface area contributed by atoms with Crippen LogP contribution in [0, 0.1) is 0 Å². The van der Waals surface area contributed by atoms with Crippen LogP contribution < -0.4 is 5.73 Å². The van der Waals surface area contributed by atoms with Crippen LogP contribution in [0.25, 0.3) is 0 Å². The van der Waals surface area contributed by atoms with Gasteiger partial charge in [0.25, 0.3) is 0 Å². The Kier molecular flexibility index (Phi) is 6.08. The number of likely N-dealkylation sites (N-methyl/N-ethyl adjacent to an activating group) is 1.